The van der Waals surface area contributed by atoms with Gasteiger partial charge in [-0.25, -0.2) is 9.07 Å². The maximum absolute atomic E-state index is 13.7. The topological polar surface area (TPSA) is 59.3 Å². The van der Waals surface area contributed by atoms with E-state index in [-0.39, 0.29) is 18.0 Å². The zero-order valence-corrected chi connectivity index (χ0v) is 18.2. The summed E-state index contributed by atoms with van der Waals surface area (Å²) in [6.07, 6.45) is 2.25. The molecule has 2 aromatic carbocycles. The molecule has 0 spiro atoms. The molecular weight excluding hydrogens is 407 g/mol. The fourth-order valence-electron chi connectivity index (χ4n) is 4.71. The van der Waals surface area contributed by atoms with Crippen molar-refractivity contribution >= 4 is 0 Å². The molecule has 7 nitrogen and oxygen atoms in total. The highest BCUT2D eigenvalue weighted by atomic mass is 19.1. The van der Waals surface area contributed by atoms with Gasteiger partial charge in [-0.05, 0) is 46.5 Å². The second-order valence-corrected chi connectivity index (χ2v) is 8.61. The summed E-state index contributed by atoms with van der Waals surface area (Å²) in [5.41, 5.74) is 2.34. The Bertz CT molecular complexity index is 981. The second kappa shape index (κ2) is 9.85. The van der Waals surface area contributed by atoms with Gasteiger partial charge in [0, 0.05) is 39.3 Å². The van der Waals surface area contributed by atoms with E-state index in [2.05, 4.69) is 55.7 Å². The van der Waals surface area contributed by atoms with Gasteiger partial charge >= 0.3 is 0 Å². The lowest BCUT2D eigenvalue weighted by Gasteiger charge is -2.39. The first-order valence-corrected chi connectivity index (χ1v) is 11.4. The Balaban J connectivity index is 1.35. The number of halogens is 1. The van der Waals surface area contributed by atoms with E-state index in [1.54, 1.807) is 0 Å². The van der Waals surface area contributed by atoms with Crippen molar-refractivity contribution in [3.8, 4) is 0 Å². The van der Waals surface area contributed by atoms with Gasteiger partial charge < -0.3 is 4.74 Å². The number of aromatic nitrogens is 4. The van der Waals surface area contributed by atoms with Crippen LogP contribution in [-0.2, 0) is 17.8 Å². The SMILES string of the molecule is Fc1ccc([C@@H](c2nnnn2C[C@H]2CCCO2)N2CCN(Cc3ccccc3)CC2)cc1. The predicted octanol–water partition coefficient (Wildman–Crippen LogP) is 2.90. The van der Waals surface area contributed by atoms with E-state index in [1.807, 2.05) is 16.8 Å². The summed E-state index contributed by atoms with van der Waals surface area (Å²) in [5.74, 6) is 0.558. The minimum atomic E-state index is -0.237. The standard InChI is InChI=1S/C24H29FN6O/c25-21-10-8-20(9-11-21)23(24-26-27-28-31(24)18-22-7-4-16-32-22)30-14-12-29(13-15-30)17-19-5-2-1-3-6-19/h1-3,5-6,8-11,22-23H,4,7,12-18H2/t22-,23+/m1/s1. The maximum Gasteiger partial charge on any atom is 0.173 e. The van der Waals surface area contributed by atoms with Gasteiger partial charge in [-0.1, -0.05) is 42.5 Å². The highest BCUT2D eigenvalue weighted by Gasteiger charge is 2.31. The number of hydrogen-bond acceptors (Lipinski definition) is 6. The largest absolute Gasteiger partial charge is 0.376 e. The maximum atomic E-state index is 13.7. The molecule has 0 radical (unpaired) electrons. The van der Waals surface area contributed by atoms with E-state index in [0.717, 1.165) is 63.6 Å². The first-order valence-electron chi connectivity index (χ1n) is 11.4. The van der Waals surface area contributed by atoms with Crippen LogP contribution in [0.2, 0.25) is 0 Å². The minimum absolute atomic E-state index is 0.120. The van der Waals surface area contributed by atoms with Gasteiger partial charge in [0.2, 0.25) is 0 Å². The van der Waals surface area contributed by atoms with Crippen LogP contribution in [0.25, 0.3) is 0 Å². The van der Waals surface area contributed by atoms with Crippen LogP contribution < -0.4 is 0 Å². The zero-order chi connectivity index (χ0) is 21.8. The van der Waals surface area contributed by atoms with Crippen molar-refractivity contribution in [1.29, 1.82) is 0 Å². The lowest BCUT2D eigenvalue weighted by Crippen LogP contribution is -2.48. The molecule has 2 saturated heterocycles. The van der Waals surface area contributed by atoms with Crippen LogP contribution in [0, 0.1) is 5.82 Å². The highest BCUT2D eigenvalue weighted by Crippen LogP contribution is 2.29. The monoisotopic (exact) mass is 436 g/mol. The summed E-state index contributed by atoms with van der Waals surface area (Å²) < 4.78 is 21.3. The molecule has 0 bridgehead atoms. The van der Waals surface area contributed by atoms with E-state index in [9.17, 15) is 4.39 Å². The molecule has 0 aliphatic carbocycles. The van der Waals surface area contributed by atoms with Crippen molar-refractivity contribution in [2.45, 2.75) is 38.1 Å². The van der Waals surface area contributed by atoms with Crippen LogP contribution in [0.5, 0.6) is 0 Å². The number of nitrogens with zero attached hydrogens (tertiary/aromatic N) is 6. The fraction of sp³-hybridized carbons (Fsp3) is 0.458. The molecule has 0 unspecified atom stereocenters. The van der Waals surface area contributed by atoms with E-state index in [0.29, 0.717) is 6.54 Å². The predicted molar refractivity (Wildman–Crippen MR) is 118 cm³/mol. The summed E-state index contributed by atoms with van der Waals surface area (Å²) >= 11 is 0. The number of piperazine rings is 1. The molecule has 168 valence electrons. The first kappa shape index (κ1) is 21.2. The van der Waals surface area contributed by atoms with Gasteiger partial charge in [-0.2, -0.15) is 0 Å². The van der Waals surface area contributed by atoms with Crippen LogP contribution >= 0.6 is 0 Å². The van der Waals surface area contributed by atoms with E-state index in [4.69, 9.17) is 4.74 Å². The van der Waals surface area contributed by atoms with Gasteiger partial charge in [0.15, 0.2) is 5.82 Å². The summed E-state index contributed by atoms with van der Waals surface area (Å²) in [4.78, 5) is 4.88. The molecule has 0 N–H and O–H groups in total. The Morgan fingerprint density at radius 2 is 1.78 bits per heavy atom. The molecule has 2 aliphatic heterocycles. The van der Waals surface area contributed by atoms with Gasteiger partial charge in [0.25, 0.3) is 0 Å². The Morgan fingerprint density at radius 1 is 1.00 bits per heavy atom. The van der Waals surface area contributed by atoms with Crippen LogP contribution in [-0.4, -0.2) is 68.9 Å². The van der Waals surface area contributed by atoms with Crippen molar-refractivity contribution in [2.24, 2.45) is 0 Å². The summed E-state index contributed by atoms with van der Waals surface area (Å²) in [5, 5.41) is 12.7. The zero-order valence-electron chi connectivity index (χ0n) is 18.2. The molecule has 2 atom stereocenters. The Morgan fingerprint density at radius 3 is 2.50 bits per heavy atom. The number of tetrazole rings is 1. The molecule has 32 heavy (non-hydrogen) atoms. The van der Waals surface area contributed by atoms with Gasteiger partial charge in [-0.3, -0.25) is 9.80 Å². The molecule has 1 aromatic heterocycles. The second-order valence-electron chi connectivity index (χ2n) is 8.61. The Kier molecular flexibility index (Phi) is 6.52. The van der Waals surface area contributed by atoms with E-state index < -0.39 is 0 Å². The molecule has 0 saturated carbocycles. The van der Waals surface area contributed by atoms with Gasteiger partial charge in [-0.15, -0.1) is 5.10 Å². The Labute approximate surface area is 187 Å². The number of rotatable bonds is 7. The molecule has 3 aromatic rings. The van der Waals surface area contributed by atoms with E-state index >= 15 is 0 Å². The molecule has 5 rings (SSSR count). The third-order valence-electron chi connectivity index (χ3n) is 6.41. The highest BCUT2D eigenvalue weighted by molar-refractivity contribution is 5.25. The number of benzene rings is 2. The lowest BCUT2D eigenvalue weighted by atomic mass is 10.0. The van der Waals surface area contributed by atoms with Crippen molar-refractivity contribution < 1.29 is 9.13 Å². The van der Waals surface area contributed by atoms with Crippen LogP contribution in [0.1, 0.15) is 35.8 Å². The Hall–Kier alpha value is -2.68. The average Bonchev–Trinajstić information content (AvgIpc) is 3.50. The van der Waals surface area contributed by atoms with Crippen LogP contribution in [0.15, 0.2) is 54.6 Å². The van der Waals surface area contributed by atoms with Gasteiger partial charge in [0.1, 0.15) is 5.82 Å². The lowest BCUT2D eigenvalue weighted by molar-refractivity contribution is 0.0841. The van der Waals surface area contributed by atoms with Crippen molar-refractivity contribution in [1.82, 2.24) is 30.0 Å². The van der Waals surface area contributed by atoms with Crippen LogP contribution in [0.3, 0.4) is 0 Å². The minimum Gasteiger partial charge on any atom is -0.376 e. The average molecular weight is 437 g/mol. The molecule has 3 heterocycles. The fourth-order valence-corrected chi connectivity index (χ4v) is 4.71. The number of hydrogen-bond donors (Lipinski definition) is 0. The van der Waals surface area contributed by atoms with Gasteiger partial charge in [0.05, 0.1) is 18.7 Å². The third kappa shape index (κ3) is 4.87. The van der Waals surface area contributed by atoms with Crippen molar-refractivity contribution in [2.75, 3.05) is 32.8 Å². The molecule has 2 aliphatic rings. The van der Waals surface area contributed by atoms with Crippen molar-refractivity contribution in [3.05, 3.63) is 77.4 Å². The molecule has 8 heteroatoms. The molecule has 2 fully saturated rings. The summed E-state index contributed by atoms with van der Waals surface area (Å²) in [6.45, 7) is 6.09. The number of ether oxygens (including phenoxy) is 1. The quantitative estimate of drug-likeness (QED) is 0.568. The smallest absolute Gasteiger partial charge is 0.173 e. The molecular formula is C24H29FN6O. The first-order chi connectivity index (χ1) is 15.8. The molecule has 0 amide bonds. The summed E-state index contributed by atoms with van der Waals surface area (Å²) in [6, 6.07) is 17.2. The van der Waals surface area contributed by atoms with Crippen LogP contribution in [0.4, 0.5) is 4.39 Å². The van der Waals surface area contributed by atoms with Crippen molar-refractivity contribution in [3.63, 3.8) is 0 Å². The summed E-state index contributed by atoms with van der Waals surface area (Å²) in [7, 11) is 0. The van der Waals surface area contributed by atoms with E-state index in [1.165, 1.54) is 17.7 Å². The normalized spacial score (nSPS) is 21.1. The third-order valence-corrected chi connectivity index (χ3v) is 6.41.